The number of carbonyl (C=O) groups excluding carboxylic acids is 1. The van der Waals surface area contributed by atoms with E-state index < -0.39 is 0 Å². The van der Waals surface area contributed by atoms with Crippen molar-refractivity contribution in [2.45, 2.75) is 19.4 Å². The van der Waals surface area contributed by atoms with Crippen LogP contribution in [-0.2, 0) is 0 Å². The highest BCUT2D eigenvalue weighted by Crippen LogP contribution is 2.01. The molecule has 0 aromatic carbocycles. The molecule has 0 spiro atoms. The van der Waals surface area contributed by atoms with E-state index in [2.05, 4.69) is 10.3 Å². The zero-order valence-corrected chi connectivity index (χ0v) is 10.3. The predicted molar refractivity (Wildman–Crippen MR) is 67.0 cm³/mol. The van der Waals surface area contributed by atoms with E-state index in [-0.39, 0.29) is 17.5 Å². The van der Waals surface area contributed by atoms with Crippen LogP contribution in [0.15, 0.2) is 23.1 Å². The summed E-state index contributed by atoms with van der Waals surface area (Å²) >= 11 is 1.76. The van der Waals surface area contributed by atoms with Crippen molar-refractivity contribution >= 4 is 17.7 Å². The van der Waals surface area contributed by atoms with Crippen LogP contribution < -0.4 is 10.9 Å². The third kappa shape index (κ3) is 4.10. The van der Waals surface area contributed by atoms with E-state index >= 15 is 0 Å². The van der Waals surface area contributed by atoms with Gasteiger partial charge >= 0.3 is 0 Å². The summed E-state index contributed by atoms with van der Waals surface area (Å²) in [5, 5.41) is 2.88. The highest BCUT2D eigenvalue weighted by Gasteiger charge is 2.08. The molecule has 0 saturated carbocycles. The Morgan fingerprint density at radius 3 is 2.88 bits per heavy atom. The lowest BCUT2D eigenvalue weighted by molar-refractivity contribution is 0.0939. The minimum absolute atomic E-state index is 0.145. The van der Waals surface area contributed by atoms with Crippen LogP contribution in [0.5, 0.6) is 0 Å². The van der Waals surface area contributed by atoms with Gasteiger partial charge in [0.25, 0.3) is 5.91 Å². The lowest BCUT2D eigenvalue weighted by Crippen LogP contribution is -2.33. The second kappa shape index (κ2) is 6.37. The van der Waals surface area contributed by atoms with Crippen LogP contribution in [0, 0.1) is 0 Å². The number of hydrogen-bond acceptors (Lipinski definition) is 3. The van der Waals surface area contributed by atoms with E-state index in [0.29, 0.717) is 5.56 Å². The Hall–Kier alpha value is -1.23. The van der Waals surface area contributed by atoms with Gasteiger partial charge in [0.2, 0.25) is 5.56 Å². The molecule has 0 fully saturated rings. The molecule has 0 radical (unpaired) electrons. The van der Waals surface area contributed by atoms with E-state index in [4.69, 9.17) is 0 Å². The maximum Gasteiger partial charge on any atom is 0.252 e. The molecule has 4 nitrogen and oxygen atoms in total. The van der Waals surface area contributed by atoms with Gasteiger partial charge in [0.1, 0.15) is 0 Å². The van der Waals surface area contributed by atoms with Crippen molar-refractivity contribution in [1.82, 2.24) is 10.3 Å². The van der Waals surface area contributed by atoms with Crippen molar-refractivity contribution < 1.29 is 4.79 Å². The normalized spacial score (nSPS) is 12.1. The number of pyridine rings is 1. The fraction of sp³-hybridized carbons (Fsp3) is 0.455. The first-order valence-electron chi connectivity index (χ1n) is 5.12. The van der Waals surface area contributed by atoms with Crippen molar-refractivity contribution in [2.75, 3.05) is 12.0 Å². The van der Waals surface area contributed by atoms with Gasteiger partial charge in [-0.05, 0) is 31.4 Å². The average Bonchev–Trinajstić information content (AvgIpc) is 2.27. The number of thioether (sulfide) groups is 1. The Morgan fingerprint density at radius 2 is 2.31 bits per heavy atom. The molecule has 1 aromatic heterocycles. The van der Waals surface area contributed by atoms with Crippen LogP contribution in [0.1, 0.15) is 23.7 Å². The second-order valence-corrected chi connectivity index (χ2v) is 4.58. The number of carbonyl (C=O) groups is 1. The molecule has 0 aliphatic heterocycles. The first-order chi connectivity index (χ1) is 7.63. The van der Waals surface area contributed by atoms with Gasteiger partial charge in [-0.25, -0.2) is 0 Å². The molecule has 0 aliphatic carbocycles. The topological polar surface area (TPSA) is 62.0 Å². The van der Waals surface area contributed by atoms with Gasteiger partial charge in [0.15, 0.2) is 0 Å². The summed E-state index contributed by atoms with van der Waals surface area (Å²) in [7, 11) is 0. The van der Waals surface area contributed by atoms with Crippen LogP contribution in [0.4, 0.5) is 0 Å². The molecular weight excluding hydrogens is 224 g/mol. The quantitative estimate of drug-likeness (QED) is 0.814. The molecule has 1 amide bonds. The van der Waals surface area contributed by atoms with Crippen LogP contribution >= 0.6 is 11.8 Å². The molecule has 88 valence electrons. The maximum absolute atomic E-state index is 11.7. The van der Waals surface area contributed by atoms with E-state index in [1.165, 1.54) is 18.3 Å². The van der Waals surface area contributed by atoms with Crippen molar-refractivity contribution in [3.8, 4) is 0 Å². The molecule has 5 heteroatoms. The number of aromatic nitrogens is 1. The summed E-state index contributed by atoms with van der Waals surface area (Å²) in [6.45, 7) is 1.97. The van der Waals surface area contributed by atoms with Gasteiger partial charge in [-0.1, -0.05) is 0 Å². The molecule has 0 saturated heterocycles. The minimum Gasteiger partial charge on any atom is -0.350 e. The smallest absolute Gasteiger partial charge is 0.252 e. The largest absolute Gasteiger partial charge is 0.350 e. The van der Waals surface area contributed by atoms with Crippen LogP contribution in [-0.4, -0.2) is 28.9 Å². The Bertz CT molecular complexity index is 383. The number of rotatable bonds is 5. The molecule has 1 unspecified atom stereocenters. The average molecular weight is 240 g/mol. The summed E-state index contributed by atoms with van der Waals surface area (Å²) in [4.78, 5) is 25.0. The van der Waals surface area contributed by atoms with Crippen LogP contribution in [0.25, 0.3) is 0 Å². The van der Waals surface area contributed by atoms with Gasteiger partial charge < -0.3 is 10.3 Å². The van der Waals surface area contributed by atoms with Crippen molar-refractivity contribution in [3.63, 3.8) is 0 Å². The fourth-order valence-corrected chi connectivity index (χ4v) is 1.81. The summed E-state index contributed by atoms with van der Waals surface area (Å²) in [5.74, 6) is 0.873. The number of aromatic amines is 1. The zero-order chi connectivity index (χ0) is 12.0. The fourth-order valence-electron chi connectivity index (χ4n) is 1.23. The number of nitrogens with one attached hydrogen (secondary N) is 2. The lowest BCUT2D eigenvalue weighted by atomic mass is 10.2. The Kier molecular flexibility index (Phi) is 5.11. The van der Waals surface area contributed by atoms with Gasteiger partial charge in [-0.3, -0.25) is 9.59 Å². The molecule has 16 heavy (non-hydrogen) atoms. The Labute approximate surface area is 98.8 Å². The predicted octanol–water partition coefficient (Wildman–Crippen LogP) is 1.25. The van der Waals surface area contributed by atoms with E-state index in [9.17, 15) is 9.59 Å². The van der Waals surface area contributed by atoms with Gasteiger partial charge in [0, 0.05) is 18.3 Å². The highest BCUT2D eigenvalue weighted by atomic mass is 32.2. The van der Waals surface area contributed by atoms with Crippen LogP contribution in [0.2, 0.25) is 0 Å². The van der Waals surface area contributed by atoms with E-state index in [1.807, 2.05) is 13.2 Å². The van der Waals surface area contributed by atoms with Crippen LogP contribution in [0.3, 0.4) is 0 Å². The van der Waals surface area contributed by atoms with E-state index in [0.717, 1.165) is 12.2 Å². The monoisotopic (exact) mass is 240 g/mol. The summed E-state index contributed by atoms with van der Waals surface area (Å²) in [5.41, 5.74) is 0.280. The first-order valence-corrected chi connectivity index (χ1v) is 6.51. The second-order valence-electron chi connectivity index (χ2n) is 3.60. The standard InChI is InChI=1S/C11H16N2O2S/c1-8(5-6-16-2)13-11(15)9-3-4-10(14)12-7-9/h3-4,7-8H,5-6H2,1-2H3,(H,12,14)(H,13,15). The third-order valence-corrected chi connectivity index (χ3v) is 2.82. The van der Waals surface area contributed by atoms with Crippen molar-refractivity contribution in [1.29, 1.82) is 0 Å². The molecule has 0 bridgehead atoms. The van der Waals surface area contributed by atoms with Gasteiger partial charge in [-0.2, -0.15) is 11.8 Å². The Balaban J connectivity index is 2.52. The number of hydrogen-bond donors (Lipinski definition) is 2. The number of amides is 1. The third-order valence-electron chi connectivity index (χ3n) is 2.18. The van der Waals surface area contributed by atoms with Crippen molar-refractivity contribution in [2.24, 2.45) is 0 Å². The van der Waals surface area contributed by atoms with Crippen molar-refractivity contribution in [3.05, 3.63) is 34.2 Å². The zero-order valence-electron chi connectivity index (χ0n) is 9.45. The van der Waals surface area contributed by atoms with E-state index in [1.54, 1.807) is 11.8 Å². The summed E-state index contributed by atoms with van der Waals surface area (Å²) in [6, 6.07) is 3.02. The molecule has 1 rings (SSSR count). The molecule has 1 aromatic rings. The summed E-state index contributed by atoms with van der Waals surface area (Å²) in [6.07, 6.45) is 4.41. The highest BCUT2D eigenvalue weighted by molar-refractivity contribution is 7.98. The maximum atomic E-state index is 11.7. The molecular formula is C11H16N2O2S. The summed E-state index contributed by atoms with van der Waals surface area (Å²) < 4.78 is 0. The number of H-pyrrole nitrogens is 1. The van der Waals surface area contributed by atoms with Gasteiger partial charge in [-0.15, -0.1) is 0 Å². The molecule has 1 heterocycles. The first kappa shape index (κ1) is 12.8. The molecule has 1 atom stereocenters. The minimum atomic E-state index is -0.202. The van der Waals surface area contributed by atoms with Gasteiger partial charge in [0.05, 0.1) is 5.56 Å². The lowest BCUT2D eigenvalue weighted by Gasteiger charge is -2.12. The molecule has 0 aliphatic rings. The Morgan fingerprint density at radius 1 is 1.56 bits per heavy atom. The molecule has 2 N–H and O–H groups in total. The SMILES string of the molecule is CSCCC(C)NC(=O)c1ccc(=O)[nH]c1.